The Bertz CT molecular complexity index is 1570. The van der Waals surface area contributed by atoms with E-state index in [1.807, 2.05) is 52.4 Å². The summed E-state index contributed by atoms with van der Waals surface area (Å²) in [6.07, 6.45) is 1.65. The van der Waals surface area contributed by atoms with Gasteiger partial charge >= 0.3 is 0 Å². The van der Waals surface area contributed by atoms with Crippen molar-refractivity contribution in [1.29, 1.82) is 0 Å². The number of nitrogens with zero attached hydrogens (tertiary/aromatic N) is 4. The number of nitrogens with two attached hydrogens (primary N) is 2. The van der Waals surface area contributed by atoms with E-state index >= 15 is 0 Å². The number of rotatable bonds is 8. The Kier molecular flexibility index (Phi) is 8.85. The quantitative estimate of drug-likeness (QED) is 0.171. The van der Waals surface area contributed by atoms with Gasteiger partial charge in [0.05, 0.1) is 12.1 Å². The van der Waals surface area contributed by atoms with Crippen LogP contribution in [0.4, 0.5) is 0 Å². The number of carbonyl (C=O) groups is 2. The first-order valence-electron chi connectivity index (χ1n) is 13.6. The Balaban J connectivity index is 1.33. The minimum absolute atomic E-state index is 0.0416. The van der Waals surface area contributed by atoms with Crippen molar-refractivity contribution in [3.63, 3.8) is 0 Å². The second kappa shape index (κ2) is 12.7. The molecule has 2 atom stereocenters. The van der Waals surface area contributed by atoms with Crippen LogP contribution in [0.2, 0.25) is 5.02 Å². The van der Waals surface area contributed by atoms with Crippen LogP contribution in [0.3, 0.4) is 0 Å². The maximum atomic E-state index is 13.8. The lowest BCUT2D eigenvalue weighted by Gasteiger charge is -2.45. The SMILES string of the molecule is C[C@@H]1CN(C(=O)c2nc(-c3ccc(Cl)cc3)cs2)C(CCCN=C(N)N)CN1C(=O)Cc1ccc2ccccc2c1. The molecular weight excluding hydrogens is 556 g/mol. The molecule has 10 heteroatoms. The van der Waals surface area contributed by atoms with Crippen molar-refractivity contribution >= 4 is 51.5 Å². The number of benzene rings is 3. The predicted molar refractivity (Wildman–Crippen MR) is 166 cm³/mol. The fourth-order valence-electron chi connectivity index (χ4n) is 5.29. The maximum absolute atomic E-state index is 13.8. The normalized spacial score (nSPS) is 17.0. The zero-order chi connectivity index (χ0) is 28.9. The maximum Gasteiger partial charge on any atom is 0.283 e. The molecule has 2 amide bonds. The van der Waals surface area contributed by atoms with Crippen molar-refractivity contribution in [2.45, 2.75) is 38.3 Å². The Hall–Kier alpha value is -3.95. The van der Waals surface area contributed by atoms with Crippen molar-refractivity contribution in [2.75, 3.05) is 19.6 Å². The molecule has 1 unspecified atom stereocenters. The van der Waals surface area contributed by atoms with Gasteiger partial charge in [-0.1, -0.05) is 66.2 Å². The molecule has 0 saturated carbocycles. The summed E-state index contributed by atoms with van der Waals surface area (Å²) in [4.78, 5) is 39.8. The summed E-state index contributed by atoms with van der Waals surface area (Å²) in [6.45, 7) is 3.32. The highest BCUT2D eigenvalue weighted by Crippen LogP contribution is 2.27. The van der Waals surface area contributed by atoms with E-state index in [1.54, 1.807) is 12.1 Å². The van der Waals surface area contributed by atoms with Crippen molar-refractivity contribution in [1.82, 2.24) is 14.8 Å². The molecule has 1 fully saturated rings. The lowest BCUT2D eigenvalue weighted by atomic mass is 10.0. The van der Waals surface area contributed by atoms with Crippen LogP contribution in [0.25, 0.3) is 22.0 Å². The molecule has 212 valence electrons. The molecule has 5 rings (SSSR count). The molecule has 8 nitrogen and oxygen atoms in total. The predicted octanol–water partition coefficient (Wildman–Crippen LogP) is 4.95. The average Bonchev–Trinajstić information content (AvgIpc) is 3.46. The molecule has 0 spiro atoms. The standard InChI is InChI=1S/C31H33ClN6O2S/c1-20-17-38(30(40)29-36-27(19-41-29)23-10-12-25(32)13-11-23)26(7-4-14-35-31(33)34)18-37(20)28(39)16-21-8-9-22-5-2-3-6-24(22)15-21/h2-3,5-6,8-13,15,19-20,26H,4,7,14,16-18H2,1H3,(H4,33,34,35)/t20-,26?/m1/s1. The Labute approximate surface area is 248 Å². The number of piperazine rings is 1. The molecule has 0 radical (unpaired) electrons. The molecule has 0 aliphatic carbocycles. The molecule has 3 aromatic carbocycles. The number of hydrogen-bond donors (Lipinski definition) is 2. The molecule has 1 aliphatic heterocycles. The topological polar surface area (TPSA) is 118 Å². The van der Waals surface area contributed by atoms with Crippen molar-refractivity contribution < 1.29 is 9.59 Å². The third-order valence-electron chi connectivity index (χ3n) is 7.41. The van der Waals surface area contributed by atoms with Crippen LogP contribution in [-0.2, 0) is 11.2 Å². The summed E-state index contributed by atoms with van der Waals surface area (Å²) in [5, 5.41) is 5.21. The van der Waals surface area contributed by atoms with Gasteiger partial charge in [-0.25, -0.2) is 4.98 Å². The van der Waals surface area contributed by atoms with Crippen LogP contribution in [0.15, 0.2) is 77.1 Å². The van der Waals surface area contributed by atoms with E-state index in [-0.39, 0.29) is 29.9 Å². The van der Waals surface area contributed by atoms with Crippen molar-refractivity contribution in [2.24, 2.45) is 16.5 Å². The number of amides is 2. The highest BCUT2D eigenvalue weighted by Gasteiger charge is 2.37. The number of guanidine groups is 1. The van der Waals surface area contributed by atoms with Crippen LogP contribution in [-0.4, -0.2) is 64.3 Å². The second-order valence-corrected chi connectivity index (χ2v) is 11.7. The highest BCUT2D eigenvalue weighted by molar-refractivity contribution is 7.12. The number of fused-ring (bicyclic) bond motifs is 1. The minimum atomic E-state index is -0.184. The van der Waals surface area contributed by atoms with Gasteiger partial charge in [0.25, 0.3) is 5.91 Å². The zero-order valence-electron chi connectivity index (χ0n) is 22.9. The third-order valence-corrected chi connectivity index (χ3v) is 8.49. The van der Waals surface area contributed by atoms with Crippen LogP contribution in [0.5, 0.6) is 0 Å². The first-order valence-corrected chi connectivity index (χ1v) is 14.9. The monoisotopic (exact) mass is 588 g/mol. The summed E-state index contributed by atoms with van der Waals surface area (Å²) in [5.74, 6) is -0.0381. The Morgan fingerprint density at radius 2 is 1.78 bits per heavy atom. The van der Waals surface area contributed by atoms with Gasteiger partial charge in [0, 0.05) is 47.7 Å². The van der Waals surface area contributed by atoms with Gasteiger partial charge in [-0.3, -0.25) is 14.6 Å². The number of halogens is 1. The summed E-state index contributed by atoms with van der Waals surface area (Å²) in [6, 6.07) is 21.3. The smallest absolute Gasteiger partial charge is 0.283 e. The first kappa shape index (κ1) is 28.6. The summed E-state index contributed by atoms with van der Waals surface area (Å²) >= 11 is 7.35. The van der Waals surface area contributed by atoms with Gasteiger partial charge in [-0.05, 0) is 48.2 Å². The highest BCUT2D eigenvalue weighted by atomic mass is 35.5. The molecule has 4 N–H and O–H groups in total. The van der Waals surface area contributed by atoms with Gasteiger partial charge in [0.2, 0.25) is 5.91 Å². The third kappa shape index (κ3) is 6.86. The van der Waals surface area contributed by atoms with Gasteiger partial charge in [0.1, 0.15) is 0 Å². The lowest BCUT2D eigenvalue weighted by Crippen LogP contribution is -2.60. The van der Waals surface area contributed by atoms with E-state index in [9.17, 15) is 9.59 Å². The van der Waals surface area contributed by atoms with Crippen LogP contribution in [0.1, 0.15) is 35.1 Å². The van der Waals surface area contributed by atoms with Gasteiger partial charge < -0.3 is 21.3 Å². The van der Waals surface area contributed by atoms with E-state index in [2.05, 4.69) is 34.2 Å². The van der Waals surface area contributed by atoms with Crippen LogP contribution < -0.4 is 11.5 Å². The number of thiazole rings is 1. The van der Waals surface area contributed by atoms with Crippen LogP contribution >= 0.6 is 22.9 Å². The molecule has 0 bridgehead atoms. The Morgan fingerprint density at radius 3 is 2.54 bits per heavy atom. The second-order valence-electron chi connectivity index (χ2n) is 10.4. The minimum Gasteiger partial charge on any atom is -0.370 e. The van der Waals surface area contributed by atoms with Crippen molar-refractivity contribution in [3.05, 3.63) is 87.7 Å². The zero-order valence-corrected chi connectivity index (χ0v) is 24.4. The van der Waals surface area contributed by atoms with Gasteiger partial charge in [0.15, 0.2) is 11.0 Å². The van der Waals surface area contributed by atoms with Crippen LogP contribution in [0, 0.1) is 0 Å². The first-order chi connectivity index (χ1) is 19.8. The molecule has 1 saturated heterocycles. The van der Waals surface area contributed by atoms with E-state index in [4.69, 9.17) is 23.1 Å². The fourth-order valence-corrected chi connectivity index (χ4v) is 6.20. The fraction of sp³-hybridized carbons (Fsp3) is 0.290. The van der Waals surface area contributed by atoms with Gasteiger partial charge in [-0.15, -0.1) is 11.3 Å². The lowest BCUT2D eigenvalue weighted by molar-refractivity contribution is -0.136. The van der Waals surface area contributed by atoms with Gasteiger partial charge in [-0.2, -0.15) is 0 Å². The molecule has 41 heavy (non-hydrogen) atoms. The van der Waals surface area contributed by atoms with E-state index in [0.717, 1.165) is 27.6 Å². The number of aliphatic imine (C=N–C) groups is 1. The average molecular weight is 589 g/mol. The Morgan fingerprint density at radius 1 is 1.02 bits per heavy atom. The molecule has 2 heterocycles. The molecule has 4 aromatic rings. The number of aromatic nitrogens is 1. The van der Waals surface area contributed by atoms with E-state index < -0.39 is 0 Å². The summed E-state index contributed by atoms with van der Waals surface area (Å²) < 4.78 is 0. The number of hydrogen-bond acceptors (Lipinski definition) is 5. The summed E-state index contributed by atoms with van der Waals surface area (Å²) in [7, 11) is 0. The van der Waals surface area contributed by atoms with E-state index in [1.165, 1.54) is 11.3 Å². The largest absolute Gasteiger partial charge is 0.370 e. The molecule has 1 aliphatic rings. The number of carbonyl (C=O) groups excluding carboxylic acids is 2. The molecule has 1 aromatic heterocycles. The van der Waals surface area contributed by atoms with E-state index in [0.29, 0.717) is 48.9 Å². The molecular formula is C31H33ClN6O2S. The van der Waals surface area contributed by atoms with Crippen molar-refractivity contribution in [3.8, 4) is 11.3 Å². The summed E-state index contributed by atoms with van der Waals surface area (Å²) in [5.41, 5.74) is 13.6.